The summed E-state index contributed by atoms with van der Waals surface area (Å²) in [6.07, 6.45) is 0.128. The summed E-state index contributed by atoms with van der Waals surface area (Å²) in [5.74, 6) is 0.0313. The van der Waals surface area contributed by atoms with Gasteiger partial charge in [-0.2, -0.15) is 0 Å². The number of hydrogen-bond acceptors (Lipinski definition) is 6. The Morgan fingerprint density at radius 3 is 2.67 bits per heavy atom. The second-order valence-electron chi connectivity index (χ2n) is 4.93. The van der Waals surface area contributed by atoms with Crippen LogP contribution in [0.3, 0.4) is 0 Å². The molecule has 1 aromatic heterocycles. The lowest BCUT2D eigenvalue weighted by molar-refractivity contribution is -0.139. The van der Waals surface area contributed by atoms with E-state index < -0.39 is 5.97 Å². The molecule has 0 unspecified atom stereocenters. The normalized spacial score (nSPS) is 16.0. The van der Waals surface area contributed by atoms with Gasteiger partial charge in [-0.1, -0.05) is 0 Å². The van der Waals surface area contributed by atoms with E-state index in [4.69, 9.17) is 14.4 Å². The van der Waals surface area contributed by atoms with Crippen LogP contribution < -0.4 is 4.74 Å². The smallest absolute Gasteiger partial charge is 0.304 e. The number of aromatic nitrogens is 1. The van der Waals surface area contributed by atoms with E-state index in [-0.39, 0.29) is 18.9 Å². The molecular formula is C13H19N3O5. The van der Waals surface area contributed by atoms with E-state index in [1.165, 1.54) is 0 Å². The minimum absolute atomic E-state index is 0.0684. The third kappa shape index (κ3) is 4.75. The number of ether oxygens (including phenoxy) is 1. The van der Waals surface area contributed by atoms with Crippen LogP contribution in [0.2, 0.25) is 0 Å². The number of aryl methyl sites for hydroxylation is 1. The van der Waals surface area contributed by atoms with Gasteiger partial charge in [0.2, 0.25) is 0 Å². The van der Waals surface area contributed by atoms with Crippen LogP contribution in [0.25, 0.3) is 0 Å². The zero-order valence-corrected chi connectivity index (χ0v) is 11.9. The Morgan fingerprint density at radius 1 is 1.38 bits per heavy atom. The van der Waals surface area contributed by atoms with Crippen molar-refractivity contribution in [2.24, 2.45) is 0 Å². The summed E-state index contributed by atoms with van der Waals surface area (Å²) < 4.78 is 10.1. The quantitative estimate of drug-likeness (QED) is 0.788. The molecule has 116 valence electrons. The molecule has 0 bridgehead atoms. The Kier molecular flexibility index (Phi) is 5.15. The fraction of sp³-hybridized carbons (Fsp3) is 0.615. The third-order valence-corrected chi connectivity index (χ3v) is 3.32. The molecular weight excluding hydrogens is 278 g/mol. The average Bonchev–Trinajstić information content (AvgIpc) is 2.89. The van der Waals surface area contributed by atoms with Crippen molar-refractivity contribution in [3.63, 3.8) is 0 Å². The molecule has 0 atom stereocenters. The summed E-state index contributed by atoms with van der Waals surface area (Å²) in [5.41, 5.74) is 0. The standard InChI is InChI=1S/C13H19N3O5/c1-10-8-11(14-21-10)20-9-12(17)16-6-4-15(5-7-16)3-2-13(18)19/h8H,2-7,9H2,1H3,(H,18,19). The first kappa shape index (κ1) is 15.3. The molecule has 8 heteroatoms. The molecule has 0 spiro atoms. The molecule has 1 aliphatic rings. The zero-order chi connectivity index (χ0) is 15.2. The first-order valence-corrected chi connectivity index (χ1v) is 6.82. The lowest BCUT2D eigenvalue weighted by Gasteiger charge is -2.34. The van der Waals surface area contributed by atoms with Gasteiger partial charge < -0.3 is 19.3 Å². The van der Waals surface area contributed by atoms with Gasteiger partial charge in [0.05, 0.1) is 6.42 Å². The van der Waals surface area contributed by atoms with Crippen LogP contribution in [0.1, 0.15) is 12.2 Å². The highest BCUT2D eigenvalue weighted by Gasteiger charge is 2.21. The highest BCUT2D eigenvalue weighted by molar-refractivity contribution is 5.77. The maximum atomic E-state index is 12.0. The maximum Gasteiger partial charge on any atom is 0.304 e. The Labute approximate surface area is 122 Å². The van der Waals surface area contributed by atoms with Gasteiger partial charge in [-0.3, -0.25) is 14.5 Å². The molecule has 1 fully saturated rings. The van der Waals surface area contributed by atoms with Gasteiger partial charge in [-0.25, -0.2) is 0 Å². The Balaban J connectivity index is 1.69. The van der Waals surface area contributed by atoms with Crippen LogP contribution in [0.4, 0.5) is 0 Å². The number of carbonyl (C=O) groups excluding carboxylic acids is 1. The first-order valence-electron chi connectivity index (χ1n) is 6.82. The van der Waals surface area contributed by atoms with Crippen molar-refractivity contribution in [2.45, 2.75) is 13.3 Å². The highest BCUT2D eigenvalue weighted by Crippen LogP contribution is 2.10. The summed E-state index contributed by atoms with van der Waals surface area (Å²) in [5, 5.41) is 12.3. The van der Waals surface area contributed by atoms with Crippen LogP contribution in [0.15, 0.2) is 10.6 Å². The largest absolute Gasteiger partial charge is 0.481 e. The van der Waals surface area contributed by atoms with Crippen molar-refractivity contribution in [3.8, 4) is 5.88 Å². The number of piperazine rings is 1. The highest BCUT2D eigenvalue weighted by atomic mass is 16.5. The summed E-state index contributed by atoms with van der Waals surface area (Å²) in [6.45, 7) is 4.73. The molecule has 1 saturated heterocycles. The fourth-order valence-electron chi connectivity index (χ4n) is 2.11. The van der Waals surface area contributed by atoms with E-state index >= 15 is 0 Å². The van der Waals surface area contributed by atoms with Gasteiger partial charge in [-0.05, 0) is 12.1 Å². The topological polar surface area (TPSA) is 96.1 Å². The molecule has 1 aliphatic heterocycles. The van der Waals surface area contributed by atoms with Crippen molar-refractivity contribution in [1.82, 2.24) is 15.0 Å². The predicted molar refractivity (Wildman–Crippen MR) is 72.0 cm³/mol. The number of aliphatic carboxylic acids is 1. The van der Waals surface area contributed by atoms with Crippen molar-refractivity contribution in [3.05, 3.63) is 11.8 Å². The van der Waals surface area contributed by atoms with E-state index in [1.54, 1.807) is 17.9 Å². The monoisotopic (exact) mass is 297 g/mol. The van der Waals surface area contributed by atoms with E-state index in [0.717, 1.165) is 0 Å². The van der Waals surface area contributed by atoms with Crippen molar-refractivity contribution in [1.29, 1.82) is 0 Å². The maximum absolute atomic E-state index is 12.0. The van der Waals surface area contributed by atoms with Gasteiger partial charge in [0, 0.05) is 38.8 Å². The SMILES string of the molecule is Cc1cc(OCC(=O)N2CCN(CCC(=O)O)CC2)no1. The Morgan fingerprint density at radius 2 is 2.10 bits per heavy atom. The fourth-order valence-corrected chi connectivity index (χ4v) is 2.11. The number of rotatable bonds is 6. The van der Waals surface area contributed by atoms with Gasteiger partial charge in [0.15, 0.2) is 6.61 Å². The minimum Gasteiger partial charge on any atom is -0.481 e. The molecule has 21 heavy (non-hydrogen) atoms. The molecule has 1 aromatic rings. The van der Waals surface area contributed by atoms with Crippen LogP contribution >= 0.6 is 0 Å². The van der Waals surface area contributed by atoms with Crippen LogP contribution in [0.5, 0.6) is 5.88 Å². The molecule has 0 aliphatic carbocycles. The molecule has 2 heterocycles. The van der Waals surface area contributed by atoms with Crippen molar-refractivity contribution >= 4 is 11.9 Å². The van der Waals surface area contributed by atoms with Gasteiger partial charge >= 0.3 is 5.97 Å². The van der Waals surface area contributed by atoms with Gasteiger partial charge in [-0.15, -0.1) is 0 Å². The number of hydrogen-bond donors (Lipinski definition) is 1. The summed E-state index contributed by atoms with van der Waals surface area (Å²) >= 11 is 0. The second kappa shape index (κ2) is 7.07. The van der Waals surface area contributed by atoms with E-state index in [0.29, 0.717) is 44.4 Å². The summed E-state index contributed by atoms with van der Waals surface area (Å²) in [4.78, 5) is 26.2. The molecule has 0 aromatic carbocycles. The molecule has 0 saturated carbocycles. The molecule has 8 nitrogen and oxygen atoms in total. The molecule has 0 radical (unpaired) electrons. The lowest BCUT2D eigenvalue weighted by atomic mass is 10.3. The van der Waals surface area contributed by atoms with Gasteiger partial charge in [0.25, 0.3) is 11.8 Å². The zero-order valence-electron chi connectivity index (χ0n) is 11.9. The lowest BCUT2D eigenvalue weighted by Crippen LogP contribution is -2.50. The number of amides is 1. The first-order chi connectivity index (χ1) is 10.0. The summed E-state index contributed by atoms with van der Waals surface area (Å²) in [6, 6.07) is 1.62. The number of carboxylic acids is 1. The van der Waals surface area contributed by atoms with E-state index in [2.05, 4.69) is 5.16 Å². The summed E-state index contributed by atoms with van der Waals surface area (Å²) in [7, 11) is 0. The molecule has 1 amide bonds. The molecule has 1 N–H and O–H groups in total. The third-order valence-electron chi connectivity index (χ3n) is 3.32. The average molecular weight is 297 g/mol. The van der Waals surface area contributed by atoms with Crippen LogP contribution in [0, 0.1) is 6.92 Å². The minimum atomic E-state index is -0.801. The van der Waals surface area contributed by atoms with E-state index in [1.807, 2.05) is 4.90 Å². The second-order valence-corrected chi connectivity index (χ2v) is 4.93. The van der Waals surface area contributed by atoms with Crippen molar-refractivity contribution in [2.75, 3.05) is 39.3 Å². The Hall–Kier alpha value is -2.09. The number of carboxylic acid groups (broad SMARTS) is 1. The predicted octanol–water partition coefficient (Wildman–Crippen LogP) is -0.0193. The van der Waals surface area contributed by atoms with Crippen LogP contribution in [-0.2, 0) is 9.59 Å². The molecule has 2 rings (SSSR count). The van der Waals surface area contributed by atoms with Gasteiger partial charge in [0.1, 0.15) is 5.76 Å². The van der Waals surface area contributed by atoms with E-state index in [9.17, 15) is 9.59 Å². The number of nitrogens with zero attached hydrogens (tertiary/aromatic N) is 3. The van der Waals surface area contributed by atoms with Crippen LogP contribution in [-0.4, -0.2) is 71.3 Å². The van der Waals surface area contributed by atoms with Crippen molar-refractivity contribution < 1.29 is 24.0 Å². The Bertz CT molecular complexity index is 494. The number of carbonyl (C=O) groups is 2.